The molecule has 164 valence electrons. The van der Waals surface area contributed by atoms with E-state index in [9.17, 15) is 14.4 Å². The molecule has 1 aliphatic rings. The van der Waals surface area contributed by atoms with Gasteiger partial charge in [0, 0.05) is 24.3 Å². The van der Waals surface area contributed by atoms with Crippen LogP contribution in [0.1, 0.15) is 30.6 Å². The highest BCUT2D eigenvalue weighted by atomic mass is 35.5. The molecule has 0 aromatic heterocycles. The molecule has 2 aromatic rings. The number of hydrogen-bond donors (Lipinski definition) is 3. The number of rotatable bonds is 7. The Morgan fingerprint density at radius 3 is 2.58 bits per heavy atom. The molecule has 3 N–H and O–H groups in total. The fourth-order valence-electron chi connectivity index (χ4n) is 3.42. The lowest BCUT2D eigenvalue weighted by atomic mass is 9.97. The second-order valence-electron chi connectivity index (χ2n) is 7.63. The molecular weight excluding hydrogens is 416 g/mol. The van der Waals surface area contributed by atoms with Crippen LogP contribution in [-0.2, 0) is 9.59 Å². The van der Waals surface area contributed by atoms with Crippen LogP contribution in [-0.4, -0.2) is 43.4 Å². The number of nitrogens with zero attached hydrogens (tertiary/aromatic N) is 1. The molecule has 1 fully saturated rings. The van der Waals surface area contributed by atoms with E-state index >= 15 is 0 Å². The van der Waals surface area contributed by atoms with Crippen LogP contribution in [0.5, 0.6) is 0 Å². The second kappa shape index (κ2) is 10.3. The van der Waals surface area contributed by atoms with Gasteiger partial charge in [-0.2, -0.15) is 0 Å². The molecule has 0 aliphatic carbocycles. The monoisotopic (exact) mass is 442 g/mol. The molecule has 2 unspecified atom stereocenters. The van der Waals surface area contributed by atoms with Crippen LogP contribution < -0.4 is 20.9 Å². The van der Waals surface area contributed by atoms with E-state index in [-0.39, 0.29) is 30.2 Å². The van der Waals surface area contributed by atoms with Gasteiger partial charge in [-0.25, -0.2) is 0 Å². The second-order valence-corrected chi connectivity index (χ2v) is 8.04. The van der Waals surface area contributed by atoms with Gasteiger partial charge in [0.15, 0.2) is 0 Å². The lowest BCUT2D eigenvalue weighted by Crippen LogP contribution is -2.48. The Morgan fingerprint density at radius 2 is 1.94 bits per heavy atom. The predicted octanol–water partition coefficient (Wildman–Crippen LogP) is 3.06. The molecule has 2 atom stereocenters. The van der Waals surface area contributed by atoms with Crippen molar-refractivity contribution in [1.82, 2.24) is 10.6 Å². The van der Waals surface area contributed by atoms with Crippen molar-refractivity contribution < 1.29 is 14.4 Å². The van der Waals surface area contributed by atoms with E-state index < -0.39 is 6.04 Å². The molecule has 2 aromatic carbocycles. The highest BCUT2D eigenvalue weighted by Crippen LogP contribution is 2.29. The SMILES string of the molecule is CCC(C)C(NC(=O)c1ccccc1)C(=O)Nc1ccc(N2CCNC(=O)C2)c(Cl)c1. The molecule has 1 aliphatic heterocycles. The lowest BCUT2D eigenvalue weighted by molar-refractivity contribution is -0.120. The lowest BCUT2D eigenvalue weighted by Gasteiger charge is -2.29. The first-order valence-corrected chi connectivity index (χ1v) is 10.7. The number of carbonyl (C=O) groups excluding carboxylic acids is 3. The molecule has 0 bridgehead atoms. The number of hydrogen-bond acceptors (Lipinski definition) is 4. The van der Waals surface area contributed by atoms with Crippen molar-refractivity contribution in [2.75, 3.05) is 29.9 Å². The van der Waals surface area contributed by atoms with E-state index in [2.05, 4.69) is 16.0 Å². The van der Waals surface area contributed by atoms with Crippen LogP contribution >= 0.6 is 11.6 Å². The third kappa shape index (κ3) is 5.76. The van der Waals surface area contributed by atoms with Gasteiger partial charge < -0.3 is 20.9 Å². The summed E-state index contributed by atoms with van der Waals surface area (Å²) in [6.45, 7) is 5.37. The largest absolute Gasteiger partial charge is 0.359 e. The summed E-state index contributed by atoms with van der Waals surface area (Å²) in [4.78, 5) is 39.1. The number of amides is 3. The first-order chi connectivity index (χ1) is 14.9. The summed E-state index contributed by atoms with van der Waals surface area (Å²) in [6.07, 6.45) is 0.726. The van der Waals surface area contributed by atoms with Crippen LogP contribution in [0.4, 0.5) is 11.4 Å². The smallest absolute Gasteiger partial charge is 0.251 e. The maximum Gasteiger partial charge on any atom is 0.251 e. The number of benzene rings is 2. The maximum atomic E-state index is 13.0. The number of carbonyl (C=O) groups is 3. The number of nitrogens with one attached hydrogen (secondary N) is 3. The summed E-state index contributed by atoms with van der Waals surface area (Å²) in [5.41, 5.74) is 1.77. The summed E-state index contributed by atoms with van der Waals surface area (Å²) in [7, 11) is 0. The summed E-state index contributed by atoms with van der Waals surface area (Å²) < 4.78 is 0. The fourth-order valence-corrected chi connectivity index (χ4v) is 3.72. The quantitative estimate of drug-likeness (QED) is 0.614. The van der Waals surface area contributed by atoms with Crippen LogP contribution in [0.3, 0.4) is 0 Å². The summed E-state index contributed by atoms with van der Waals surface area (Å²) in [6, 6.07) is 13.3. The summed E-state index contributed by atoms with van der Waals surface area (Å²) >= 11 is 6.43. The molecule has 0 spiro atoms. The van der Waals surface area contributed by atoms with Gasteiger partial charge in [0.25, 0.3) is 5.91 Å². The Bertz CT molecular complexity index is 951. The van der Waals surface area contributed by atoms with E-state index in [1.165, 1.54) is 0 Å². The number of anilines is 2. The highest BCUT2D eigenvalue weighted by Gasteiger charge is 2.27. The van der Waals surface area contributed by atoms with Gasteiger partial charge in [-0.3, -0.25) is 14.4 Å². The number of piperazine rings is 1. The van der Waals surface area contributed by atoms with Crippen molar-refractivity contribution in [3.8, 4) is 0 Å². The van der Waals surface area contributed by atoms with Crippen LogP contribution in [0, 0.1) is 5.92 Å². The minimum atomic E-state index is -0.693. The van der Waals surface area contributed by atoms with Crippen molar-refractivity contribution in [2.45, 2.75) is 26.3 Å². The first-order valence-electron chi connectivity index (χ1n) is 10.4. The zero-order valence-corrected chi connectivity index (χ0v) is 18.4. The molecule has 0 radical (unpaired) electrons. The van der Waals surface area contributed by atoms with Gasteiger partial charge >= 0.3 is 0 Å². The predicted molar refractivity (Wildman–Crippen MR) is 122 cm³/mol. The van der Waals surface area contributed by atoms with Crippen molar-refractivity contribution in [3.05, 3.63) is 59.1 Å². The van der Waals surface area contributed by atoms with Gasteiger partial charge in [0.2, 0.25) is 11.8 Å². The summed E-state index contributed by atoms with van der Waals surface area (Å²) in [5, 5.41) is 8.93. The molecular formula is C23H27ClN4O3. The van der Waals surface area contributed by atoms with E-state index in [0.717, 1.165) is 12.1 Å². The molecule has 1 saturated heterocycles. The van der Waals surface area contributed by atoms with E-state index in [1.807, 2.05) is 24.8 Å². The van der Waals surface area contributed by atoms with Crippen molar-refractivity contribution in [2.24, 2.45) is 5.92 Å². The molecule has 0 saturated carbocycles. The Labute approximate surface area is 187 Å². The molecule has 31 heavy (non-hydrogen) atoms. The van der Waals surface area contributed by atoms with Gasteiger partial charge in [-0.05, 0) is 36.2 Å². The van der Waals surface area contributed by atoms with Crippen LogP contribution in [0.2, 0.25) is 5.02 Å². The molecule has 8 heteroatoms. The zero-order valence-electron chi connectivity index (χ0n) is 17.7. The van der Waals surface area contributed by atoms with Crippen LogP contribution in [0.25, 0.3) is 0 Å². The first kappa shape index (κ1) is 22.6. The van der Waals surface area contributed by atoms with Crippen molar-refractivity contribution in [3.63, 3.8) is 0 Å². The zero-order chi connectivity index (χ0) is 22.4. The average molecular weight is 443 g/mol. The topological polar surface area (TPSA) is 90.5 Å². The van der Waals surface area contributed by atoms with Gasteiger partial charge in [-0.15, -0.1) is 0 Å². The average Bonchev–Trinajstić information content (AvgIpc) is 2.77. The minimum Gasteiger partial charge on any atom is -0.359 e. The Hall–Kier alpha value is -3.06. The minimum absolute atomic E-state index is 0.0507. The van der Waals surface area contributed by atoms with Gasteiger partial charge in [-0.1, -0.05) is 50.1 Å². The molecule has 1 heterocycles. The van der Waals surface area contributed by atoms with Crippen molar-refractivity contribution >= 4 is 40.7 Å². The maximum absolute atomic E-state index is 13.0. The third-order valence-electron chi connectivity index (χ3n) is 5.41. The summed E-state index contributed by atoms with van der Waals surface area (Å²) in [5.74, 6) is -0.711. The highest BCUT2D eigenvalue weighted by molar-refractivity contribution is 6.33. The van der Waals surface area contributed by atoms with Crippen molar-refractivity contribution in [1.29, 1.82) is 0 Å². The van der Waals surface area contributed by atoms with Gasteiger partial charge in [0.1, 0.15) is 6.04 Å². The normalized spacial score (nSPS) is 15.6. The molecule has 3 rings (SSSR count). The fraction of sp³-hybridized carbons (Fsp3) is 0.348. The van der Waals surface area contributed by atoms with Crippen LogP contribution in [0.15, 0.2) is 48.5 Å². The third-order valence-corrected chi connectivity index (χ3v) is 5.72. The van der Waals surface area contributed by atoms with Gasteiger partial charge in [0.05, 0.1) is 17.3 Å². The van der Waals surface area contributed by atoms with E-state index in [0.29, 0.717) is 29.4 Å². The van der Waals surface area contributed by atoms with E-state index in [1.54, 1.807) is 42.5 Å². The molecule has 7 nitrogen and oxygen atoms in total. The Morgan fingerprint density at radius 1 is 1.19 bits per heavy atom. The Kier molecular flexibility index (Phi) is 7.52. The van der Waals surface area contributed by atoms with E-state index in [4.69, 9.17) is 11.6 Å². The molecule has 3 amide bonds. The standard InChI is InChI=1S/C23H27ClN4O3/c1-3-15(2)21(27-22(30)16-7-5-4-6-8-16)23(31)26-17-9-10-19(18(24)13-17)28-12-11-25-20(29)14-28/h4-10,13,15,21H,3,11-12,14H2,1-2H3,(H,25,29)(H,26,31)(H,27,30). The Balaban J connectivity index is 1.71. The number of halogens is 1.